The molecule has 0 spiro atoms. The van der Waals surface area contributed by atoms with Gasteiger partial charge in [0.05, 0.1) is 6.10 Å². The highest BCUT2D eigenvalue weighted by molar-refractivity contribution is 5.69. The molecule has 0 saturated carbocycles. The van der Waals surface area contributed by atoms with Crippen LogP contribution >= 0.6 is 0 Å². The van der Waals surface area contributed by atoms with E-state index >= 15 is 0 Å². The molecule has 1 aliphatic heterocycles. The third kappa shape index (κ3) is 11.1. The molecule has 1 saturated heterocycles. The summed E-state index contributed by atoms with van der Waals surface area (Å²) in [7, 11) is 0. The van der Waals surface area contributed by atoms with Gasteiger partial charge in [-0.1, -0.05) is 6.42 Å². The molecule has 0 aromatic carbocycles. The first-order valence-electron chi connectivity index (χ1n) is 9.50. The average Bonchev–Trinajstić information content (AvgIpc) is 2.55. The maximum absolute atomic E-state index is 11.2. The summed E-state index contributed by atoms with van der Waals surface area (Å²) >= 11 is 0. The highest BCUT2D eigenvalue weighted by atomic mass is 16.4. The van der Waals surface area contributed by atoms with Crippen molar-refractivity contribution in [2.75, 3.05) is 26.2 Å². The number of hydrogen-bond donors (Lipinski definition) is 6. The van der Waals surface area contributed by atoms with E-state index in [1.54, 1.807) is 6.92 Å². The predicted molar refractivity (Wildman–Crippen MR) is 98.7 cm³/mol. The molecule has 1 fully saturated rings. The summed E-state index contributed by atoms with van der Waals surface area (Å²) in [6.07, 6.45) is 2.52. The number of carbonyl (C=O) groups is 3. The fraction of sp³-hybridized carbons (Fsp3) is 0.824. The number of hydrogen-bond acceptors (Lipinski definition) is 8. The molecule has 6 N–H and O–H groups in total. The van der Waals surface area contributed by atoms with Gasteiger partial charge < -0.3 is 20.4 Å². The van der Waals surface area contributed by atoms with Crippen LogP contribution in [0.1, 0.15) is 45.4 Å². The molecular formula is C17H32N4O7. The third-order valence-corrected chi connectivity index (χ3v) is 4.75. The Balaban J connectivity index is 2.89. The molecule has 1 heterocycles. The molecule has 0 amide bonds. The van der Waals surface area contributed by atoms with Crippen LogP contribution < -0.4 is 11.1 Å². The average molecular weight is 404 g/mol. The quantitative estimate of drug-likeness (QED) is 0.316. The van der Waals surface area contributed by atoms with Gasteiger partial charge in [0, 0.05) is 19.5 Å². The maximum Gasteiger partial charge on any atom is 0.319 e. The Morgan fingerprint density at radius 1 is 0.857 bits per heavy atom. The van der Waals surface area contributed by atoms with Crippen LogP contribution in [0.4, 0.5) is 0 Å². The molecule has 0 aliphatic carbocycles. The lowest BCUT2D eigenvalue weighted by Gasteiger charge is -2.31. The normalized spacial score (nSPS) is 24.6. The smallest absolute Gasteiger partial charge is 0.319 e. The minimum atomic E-state index is -1.06. The van der Waals surface area contributed by atoms with Crippen molar-refractivity contribution in [2.24, 2.45) is 11.8 Å². The van der Waals surface area contributed by atoms with Crippen molar-refractivity contribution in [3.63, 3.8) is 0 Å². The van der Waals surface area contributed by atoms with E-state index in [9.17, 15) is 19.5 Å². The van der Waals surface area contributed by atoms with E-state index in [2.05, 4.69) is 11.1 Å². The zero-order chi connectivity index (χ0) is 21.1. The van der Waals surface area contributed by atoms with Crippen LogP contribution in [-0.4, -0.2) is 80.6 Å². The van der Waals surface area contributed by atoms with Crippen LogP contribution in [-0.2, 0) is 14.4 Å². The molecule has 0 aromatic heterocycles. The Kier molecular flexibility index (Phi) is 10.9. The second-order valence-corrected chi connectivity index (χ2v) is 7.42. The molecule has 0 aromatic rings. The SMILES string of the molecule is CC(O)CC1CCC(CC(=O)O)CCN(CC(=O)O)NNN(CC(=O)O)CC1. The molecule has 162 valence electrons. The lowest BCUT2D eigenvalue weighted by Crippen LogP contribution is -2.57. The fourth-order valence-electron chi connectivity index (χ4n) is 3.42. The first-order chi connectivity index (χ1) is 13.2. The number of carboxylic acid groups (broad SMARTS) is 3. The molecule has 28 heavy (non-hydrogen) atoms. The van der Waals surface area contributed by atoms with E-state index in [-0.39, 0.29) is 31.3 Å². The van der Waals surface area contributed by atoms with Gasteiger partial charge in [0.1, 0.15) is 13.1 Å². The van der Waals surface area contributed by atoms with Crippen molar-refractivity contribution in [1.29, 1.82) is 0 Å². The van der Waals surface area contributed by atoms with Crippen molar-refractivity contribution < 1.29 is 34.8 Å². The number of aliphatic hydroxyl groups is 1. The molecule has 11 nitrogen and oxygen atoms in total. The number of aliphatic carboxylic acids is 3. The van der Waals surface area contributed by atoms with Crippen molar-refractivity contribution in [1.82, 2.24) is 21.1 Å². The second kappa shape index (κ2) is 12.6. The number of aliphatic hydroxyl groups excluding tert-OH is 1. The van der Waals surface area contributed by atoms with Crippen molar-refractivity contribution in [2.45, 2.75) is 51.6 Å². The highest BCUT2D eigenvalue weighted by Crippen LogP contribution is 2.25. The lowest BCUT2D eigenvalue weighted by molar-refractivity contribution is -0.143. The van der Waals surface area contributed by atoms with Crippen molar-refractivity contribution in [3.8, 4) is 0 Å². The maximum atomic E-state index is 11.2. The van der Waals surface area contributed by atoms with Gasteiger partial charge in [0.25, 0.3) is 0 Å². The second-order valence-electron chi connectivity index (χ2n) is 7.42. The molecular weight excluding hydrogens is 372 g/mol. The third-order valence-electron chi connectivity index (χ3n) is 4.75. The van der Waals surface area contributed by atoms with Crippen LogP contribution in [0.25, 0.3) is 0 Å². The summed E-state index contributed by atoms with van der Waals surface area (Å²) in [4.78, 5) is 33.3. The van der Waals surface area contributed by atoms with Crippen molar-refractivity contribution >= 4 is 17.9 Å². The fourth-order valence-corrected chi connectivity index (χ4v) is 3.42. The molecule has 3 atom stereocenters. The standard InChI is InChI=1S/C17H32N4O7/c1-12(22)8-13-2-3-14(9-15(23)24)5-7-21(11-17(27)28)19-18-20(6-4-13)10-16(25)26/h12-14,18-19,22H,2-11H2,1H3,(H,23,24)(H,25,26)(H,27,28). The molecule has 3 unspecified atom stereocenters. The van der Waals surface area contributed by atoms with Gasteiger partial charge in [-0.15, -0.1) is 0 Å². The molecule has 1 rings (SSSR count). The Morgan fingerprint density at radius 3 is 1.75 bits per heavy atom. The van der Waals surface area contributed by atoms with Crippen LogP contribution in [0.15, 0.2) is 0 Å². The van der Waals surface area contributed by atoms with E-state index in [4.69, 9.17) is 15.3 Å². The van der Waals surface area contributed by atoms with Gasteiger partial charge in [-0.2, -0.15) is 11.1 Å². The van der Waals surface area contributed by atoms with Gasteiger partial charge in [0.15, 0.2) is 0 Å². The minimum Gasteiger partial charge on any atom is -0.481 e. The van der Waals surface area contributed by atoms with Crippen LogP contribution in [0.5, 0.6) is 0 Å². The number of carboxylic acids is 3. The number of hydrazine groups is 3. The Labute approximate surface area is 164 Å². The van der Waals surface area contributed by atoms with E-state index in [0.29, 0.717) is 38.8 Å². The van der Waals surface area contributed by atoms with Crippen LogP contribution in [0, 0.1) is 11.8 Å². The number of nitrogens with zero attached hydrogens (tertiary/aromatic N) is 2. The number of rotatable bonds is 8. The van der Waals surface area contributed by atoms with Crippen LogP contribution in [0.2, 0.25) is 0 Å². The highest BCUT2D eigenvalue weighted by Gasteiger charge is 2.22. The van der Waals surface area contributed by atoms with Gasteiger partial charge in [-0.3, -0.25) is 14.4 Å². The van der Waals surface area contributed by atoms with Gasteiger partial charge in [-0.25, -0.2) is 10.0 Å². The molecule has 0 bridgehead atoms. The van der Waals surface area contributed by atoms with E-state index in [0.717, 1.165) is 6.42 Å². The van der Waals surface area contributed by atoms with E-state index in [1.165, 1.54) is 10.0 Å². The Bertz CT molecular complexity index is 486. The summed E-state index contributed by atoms with van der Waals surface area (Å²) in [6, 6.07) is 0. The first-order valence-corrected chi connectivity index (χ1v) is 9.50. The largest absolute Gasteiger partial charge is 0.481 e. The molecule has 0 radical (unpaired) electrons. The van der Waals surface area contributed by atoms with Gasteiger partial charge in [0.2, 0.25) is 0 Å². The Morgan fingerprint density at radius 2 is 1.32 bits per heavy atom. The monoisotopic (exact) mass is 404 g/mol. The summed E-state index contributed by atoms with van der Waals surface area (Å²) in [6.45, 7) is 1.76. The molecule has 1 aliphatic rings. The van der Waals surface area contributed by atoms with Crippen LogP contribution in [0.3, 0.4) is 0 Å². The Hall–Kier alpha value is -1.79. The lowest BCUT2D eigenvalue weighted by atomic mass is 9.87. The summed E-state index contributed by atoms with van der Waals surface area (Å²) in [5.41, 5.74) is 5.46. The van der Waals surface area contributed by atoms with Crippen molar-refractivity contribution in [3.05, 3.63) is 0 Å². The zero-order valence-electron chi connectivity index (χ0n) is 16.2. The predicted octanol–water partition coefficient (Wildman–Crippen LogP) is -0.264. The molecule has 11 heteroatoms. The first kappa shape index (κ1) is 24.2. The van der Waals surface area contributed by atoms with Gasteiger partial charge >= 0.3 is 17.9 Å². The van der Waals surface area contributed by atoms with E-state index in [1.807, 2.05) is 0 Å². The number of nitrogens with one attached hydrogen (secondary N) is 2. The zero-order valence-corrected chi connectivity index (χ0v) is 16.2. The summed E-state index contributed by atoms with van der Waals surface area (Å²) in [5, 5.41) is 39.9. The van der Waals surface area contributed by atoms with E-state index < -0.39 is 24.0 Å². The van der Waals surface area contributed by atoms with Gasteiger partial charge in [-0.05, 0) is 44.4 Å². The summed E-state index contributed by atoms with van der Waals surface area (Å²) < 4.78 is 0. The minimum absolute atomic E-state index is 0.000871. The topological polar surface area (TPSA) is 163 Å². The summed E-state index contributed by atoms with van der Waals surface area (Å²) in [5.74, 6) is -2.96.